The highest BCUT2D eigenvalue weighted by Gasteiger charge is 2.60. The fraction of sp³-hybridized carbons (Fsp3) is 0.400. The van der Waals surface area contributed by atoms with Crippen LogP contribution < -0.4 is 17.0 Å². The molecule has 6 rings (SSSR count). The molecule has 0 atom stereocenters. The first kappa shape index (κ1) is 24.2. The molecule has 3 heterocycles. The lowest BCUT2D eigenvalue weighted by atomic mass is 9.56. The van der Waals surface area contributed by atoms with Crippen molar-refractivity contribution in [1.82, 2.24) is 0 Å². The van der Waals surface area contributed by atoms with E-state index in [1.165, 1.54) is 55.5 Å². The van der Waals surface area contributed by atoms with Crippen LogP contribution in [-0.4, -0.2) is 35.8 Å². The van der Waals surface area contributed by atoms with E-state index in [2.05, 4.69) is 78.9 Å². The fourth-order valence-corrected chi connectivity index (χ4v) is 6.50. The Bertz CT molecular complexity index is 941. The molecule has 0 amide bonds. The highest BCUT2D eigenvalue weighted by molar-refractivity contribution is 5.39. The van der Waals surface area contributed by atoms with Crippen molar-refractivity contribution in [1.29, 1.82) is 0 Å². The summed E-state index contributed by atoms with van der Waals surface area (Å²) in [6.45, 7) is 4.89. The molecule has 3 saturated heterocycles. The molecule has 3 aliphatic rings. The molecule has 1 N–H and O–H groups in total. The third-order valence-corrected chi connectivity index (χ3v) is 8.54. The van der Waals surface area contributed by atoms with Crippen LogP contribution in [-0.2, 0) is 12.0 Å². The van der Waals surface area contributed by atoms with Crippen LogP contribution in [0.15, 0.2) is 91.0 Å². The highest BCUT2D eigenvalue weighted by atomic mass is 79.9. The standard InChI is InChI=1S/C30H36NO.BrH/c32-30(27-15-6-2-7-16-27,28-17-8-3-9-18-28)29-19-23-31(24-20-29,25-21-29)22-11-10-14-26-12-4-1-5-13-26;/h1-9,12-13,15-18,32H,10-11,14,19-25H2;1H/q+1;/p-1. The SMILES string of the molecule is OC(c1ccccc1)(c1ccccc1)C12CC[N+](CCCCc3ccccc3)(CC1)CC2.[Br-]. The van der Waals surface area contributed by atoms with E-state index >= 15 is 0 Å². The molecule has 174 valence electrons. The second-order valence-corrected chi connectivity index (χ2v) is 10.2. The molecule has 0 unspecified atom stereocenters. The van der Waals surface area contributed by atoms with Gasteiger partial charge in [-0.15, -0.1) is 0 Å². The Kier molecular flexibility index (Phi) is 7.43. The molecule has 3 heteroatoms. The van der Waals surface area contributed by atoms with Gasteiger partial charge in [0.1, 0.15) is 5.60 Å². The molecular weight excluding hydrogens is 470 g/mol. The zero-order chi connectivity index (χ0) is 21.9. The lowest BCUT2D eigenvalue weighted by Gasteiger charge is -2.60. The van der Waals surface area contributed by atoms with Crippen LogP contribution in [0.1, 0.15) is 48.8 Å². The van der Waals surface area contributed by atoms with E-state index in [0.29, 0.717) is 0 Å². The predicted molar refractivity (Wildman–Crippen MR) is 131 cm³/mol. The third-order valence-electron chi connectivity index (χ3n) is 8.54. The number of hydrogen-bond donors (Lipinski definition) is 1. The molecule has 2 bridgehead atoms. The summed E-state index contributed by atoms with van der Waals surface area (Å²) in [6.07, 6.45) is 7.06. The van der Waals surface area contributed by atoms with Gasteiger partial charge < -0.3 is 26.6 Å². The summed E-state index contributed by atoms with van der Waals surface area (Å²) in [4.78, 5) is 0. The summed E-state index contributed by atoms with van der Waals surface area (Å²) in [5.74, 6) is 0. The lowest BCUT2D eigenvalue weighted by Crippen LogP contribution is -3.00. The Morgan fingerprint density at radius 3 is 1.61 bits per heavy atom. The van der Waals surface area contributed by atoms with Gasteiger partial charge >= 0.3 is 0 Å². The molecule has 3 aliphatic heterocycles. The van der Waals surface area contributed by atoms with Gasteiger partial charge in [0.05, 0.1) is 26.2 Å². The van der Waals surface area contributed by atoms with Crippen LogP contribution in [0.25, 0.3) is 0 Å². The summed E-state index contributed by atoms with van der Waals surface area (Å²) in [5.41, 5.74) is 2.57. The number of piperidine rings is 3. The fourth-order valence-electron chi connectivity index (χ4n) is 6.50. The monoisotopic (exact) mass is 505 g/mol. The minimum Gasteiger partial charge on any atom is -1.00 e. The van der Waals surface area contributed by atoms with Crippen LogP contribution in [0.4, 0.5) is 0 Å². The number of benzene rings is 3. The summed E-state index contributed by atoms with van der Waals surface area (Å²) in [6, 6.07) is 31.7. The van der Waals surface area contributed by atoms with Gasteiger partial charge in [-0.25, -0.2) is 0 Å². The van der Waals surface area contributed by atoms with E-state index in [1.807, 2.05) is 12.1 Å². The maximum Gasteiger partial charge on any atom is 0.121 e. The number of aryl methyl sites for hydroxylation is 1. The maximum absolute atomic E-state index is 12.5. The van der Waals surface area contributed by atoms with Crippen molar-refractivity contribution in [2.75, 3.05) is 26.2 Å². The molecule has 0 radical (unpaired) electrons. The van der Waals surface area contributed by atoms with Gasteiger partial charge in [0.2, 0.25) is 0 Å². The maximum atomic E-state index is 12.5. The van der Waals surface area contributed by atoms with E-state index < -0.39 is 5.60 Å². The highest BCUT2D eigenvalue weighted by Crippen LogP contribution is 2.57. The van der Waals surface area contributed by atoms with Crippen LogP contribution in [0.5, 0.6) is 0 Å². The zero-order valence-electron chi connectivity index (χ0n) is 19.5. The van der Waals surface area contributed by atoms with Gasteiger partial charge in [-0.1, -0.05) is 91.0 Å². The van der Waals surface area contributed by atoms with Crippen LogP contribution >= 0.6 is 0 Å². The Labute approximate surface area is 209 Å². The minimum atomic E-state index is -0.917. The first-order valence-electron chi connectivity index (χ1n) is 12.4. The number of halogens is 1. The number of rotatable bonds is 8. The Morgan fingerprint density at radius 1 is 0.667 bits per heavy atom. The Morgan fingerprint density at radius 2 is 1.12 bits per heavy atom. The Balaban J connectivity index is 0.00000259. The minimum absolute atomic E-state index is 0. The molecule has 3 fully saturated rings. The second-order valence-electron chi connectivity index (χ2n) is 10.2. The predicted octanol–water partition coefficient (Wildman–Crippen LogP) is 2.95. The van der Waals surface area contributed by atoms with Crippen molar-refractivity contribution >= 4 is 0 Å². The average molecular weight is 507 g/mol. The van der Waals surface area contributed by atoms with Crippen molar-refractivity contribution in [3.63, 3.8) is 0 Å². The molecule has 0 aromatic heterocycles. The van der Waals surface area contributed by atoms with E-state index in [-0.39, 0.29) is 22.4 Å². The summed E-state index contributed by atoms with van der Waals surface area (Å²) < 4.78 is 1.26. The number of quaternary nitrogens is 1. The quantitative estimate of drug-likeness (QED) is 0.368. The van der Waals surface area contributed by atoms with Gasteiger partial charge in [-0.3, -0.25) is 0 Å². The zero-order valence-corrected chi connectivity index (χ0v) is 21.1. The number of hydrogen-bond acceptors (Lipinski definition) is 1. The number of nitrogens with zero attached hydrogens (tertiary/aromatic N) is 1. The smallest absolute Gasteiger partial charge is 0.121 e. The summed E-state index contributed by atoms with van der Waals surface area (Å²) >= 11 is 0. The van der Waals surface area contributed by atoms with Gasteiger partial charge in [0, 0.05) is 24.7 Å². The van der Waals surface area contributed by atoms with Crippen LogP contribution in [0, 0.1) is 5.41 Å². The molecule has 3 aromatic rings. The normalized spacial score (nSPS) is 24.3. The van der Waals surface area contributed by atoms with E-state index in [4.69, 9.17) is 0 Å². The molecule has 0 spiro atoms. The molecule has 2 nitrogen and oxygen atoms in total. The van der Waals surface area contributed by atoms with Gasteiger partial charge in [0.25, 0.3) is 0 Å². The van der Waals surface area contributed by atoms with E-state index in [9.17, 15) is 5.11 Å². The lowest BCUT2D eigenvalue weighted by molar-refractivity contribution is -0.946. The molecular formula is C30H36BrNO. The van der Waals surface area contributed by atoms with Crippen LogP contribution in [0.3, 0.4) is 0 Å². The number of fused-ring (bicyclic) bond motifs is 3. The molecule has 0 saturated carbocycles. The first-order chi connectivity index (χ1) is 15.7. The summed E-state index contributed by atoms with van der Waals surface area (Å²) in [7, 11) is 0. The average Bonchev–Trinajstić information content (AvgIpc) is 2.89. The van der Waals surface area contributed by atoms with Gasteiger partial charge in [-0.05, 0) is 36.0 Å². The molecule has 33 heavy (non-hydrogen) atoms. The van der Waals surface area contributed by atoms with Crippen molar-refractivity contribution < 1.29 is 26.6 Å². The second kappa shape index (κ2) is 10.1. The van der Waals surface area contributed by atoms with Crippen molar-refractivity contribution in [3.05, 3.63) is 108 Å². The van der Waals surface area contributed by atoms with Crippen LogP contribution in [0.2, 0.25) is 0 Å². The topological polar surface area (TPSA) is 20.2 Å². The molecule has 0 aliphatic carbocycles. The summed E-state index contributed by atoms with van der Waals surface area (Å²) in [5, 5.41) is 12.5. The van der Waals surface area contributed by atoms with Crippen molar-refractivity contribution in [2.45, 2.75) is 44.1 Å². The van der Waals surface area contributed by atoms with E-state index in [0.717, 1.165) is 30.4 Å². The number of aliphatic hydroxyl groups is 1. The largest absolute Gasteiger partial charge is 1.00 e. The van der Waals surface area contributed by atoms with Gasteiger partial charge in [-0.2, -0.15) is 0 Å². The van der Waals surface area contributed by atoms with Gasteiger partial charge in [0.15, 0.2) is 0 Å². The molecule has 3 aromatic carbocycles. The van der Waals surface area contributed by atoms with Crippen molar-refractivity contribution in [2.24, 2.45) is 5.41 Å². The third kappa shape index (κ3) is 4.56. The van der Waals surface area contributed by atoms with E-state index in [1.54, 1.807) is 0 Å². The number of unbranched alkanes of at least 4 members (excludes halogenated alkanes) is 1. The van der Waals surface area contributed by atoms with Crippen molar-refractivity contribution in [3.8, 4) is 0 Å². The first-order valence-corrected chi connectivity index (χ1v) is 12.4. The Hall–Kier alpha value is -1.94.